The summed E-state index contributed by atoms with van der Waals surface area (Å²) in [5, 5.41) is 0. The molecular weight excluding hydrogens is 258 g/mol. The van der Waals surface area contributed by atoms with Crippen LogP contribution in [0.3, 0.4) is 0 Å². The zero-order valence-electron chi connectivity index (χ0n) is 11.3. The van der Waals surface area contributed by atoms with Crippen LogP contribution in [-0.2, 0) is 4.79 Å². The van der Waals surface area contributed by atoms with Gasteiger partial charge in [0.05, 0.1) is 11.1 Å². The molecule has 1 atom stereocenters. The monoisotopic (exact) mass is 275 g/mol. The van der Waals surface area contributed by atoms with E-state index in [1.54, 1.807) is 6.07 Å². The van der Waals surface area contributed by atoms with Crippen molar-refractivity contribution < 1.29 is 14.4 Å². The van der Waals surface area contributed by atoms with Crippen molar-refractivity contribution in [3.05, 3.63) is 29.3 Å². The van der Waals surface area contributed by atoms with Gasteiger partial charge >= 0.3 is 0 Å². The van der Waals surface area contributed by atoms with Crippen LogP contribution < -0.4 is 11.5 Å². The molecule has 1 heterocycles. The normalized spacial score (nSPS) is 15.4. The maximum absolute atomic E-state index is 12.2. The van der Waals surface area contributed by atoms with Crippen molar-refractivity contribution in [1.82, 2.24) is 4.90 Å². The lowest BCUT2D eigenvalue weighted by atomic mass is 10.1. The number of imide groups is 3. The first kappa shape index (κ1) is 14.2. The molecular formula is C14H17N3O3. The molecule has 0 saturated carbocycles. The van der Waals surface area contributed by atoms with Gasteiger partial charge < -0.3 is 11.5 Å². The summed E-state index contributed by atoms with van der Waals surface area (Å²) in [6, 6.07) is 4.25. The van der Waals surface area contributed by atoms with Gasteiger partial charge in [0.1, 0.15) is 0 Å². The third-order valence-corrected chi connectivity index (χ3v) is 3.29. The number of benzene rings is 1. The molecule has 106 valence electrons. The van der Waals surface area contributed by atoms with Gasteiger partial charge in [-0.1, -0.05) is 19.4 Å². The molecule has 1 aromatic carbocycles. The second kappa shape index (κ2) is 5.42. The van der Waals surface area contributed by atoms with Gasteiger partial charge in [-0.3, -0.25) is 14.4 Å². The Bertz CT molecular complexity index is 583. The van der Waals surface area contributed by atoms with Gasteiger partial charge in [-0.15, -0.1) is 0 Å². The van der Waals surface area contributed by atoms with E-state index < -0.39 is 17.7 Å². The number of carbonyl (C=O) groups is 3. The summed E-state index contributed by atoms with van der Waals surface area (Å²) in [6.45, 7) is 1.95. The van der Waals surface area contributed by atoms with E-state index >= 15 is 0 Å². The Labute approximate surface area is 116 Å². The fourth-order valence-corrected chi connectivity index (χ4v) is 2.33. The van der Waals surface area contributed by atoms with Crippen molar-refractivity contribution in [3.8, 4) is 0 Å². The van der Waals surface area contributed by atoms with E-state index in [4.69, 9.17) is 11.5 Å². The van der Waals surface area contributed by atoms with Crippen LogP contribution in [0.1, 0.15) is 46.9 Å². The van der Waals surface area contributed by atoms with Crippen LogP contribution in [0.15, 0.2) is 18.2 Å². The number of carbonyl (C=O) groups excluding carboxylic acids is 3. The molecule has 1 aliphatic rings. The molecule has 0 fully saturated rings. The minimum Gasteiger partial charge on any atom is -0.398 e. The van der Waals surface area contributed by atoms with E-state index in [9.17, 15) is 14.4 Å². The Hall–Kier alpha value is -2.21. The lowest BCUT2D eigenvalue weighted by molar-refractivity contribution is -0.126. The molecule has 1 aromatic rings. The third kappa shape index (κ3) is 2.30. The molecule has 0 aliphatic carbocycles. The number of hydrogen-bond acceptors (Lipinski definition) is 5. The highest BCUT2D eigenvalue weighted by Crippen LogP contribution is 2.28. The SMILES string of the molecule is CCCC(N)CC(=O)N1C(=O)c2cccc(N)c2C1=O. The molecule has 20 heavy (non-hydrogen) atoms. The maximum Gasteiger partial charge on any atom is 0.270 e. The summed E-state index contributed by atoms with van der Waals surface area (Å²) in [5.74, 6) is -1.85. The molecule has 1 aliphatic heterocycles. The highest BCUT2D eigenvalue weighted by molar-refractivity contribution is 6.30. The van der Waals surface area contributed by atoms with E-state index in [0.717, 1.165) is 6.42 Å². The van der Waals surface area contributed by atoms with Crippen LogP contribution >= 0.6 is 0 Å². The van der Waals surface area contributed by atoms with Gasteiger partial charge in [0.2, 0.25) is 5.91 Å². The van der Waals surface area contributed by atoms with Gasteiger partial charge in [0.25, 0.3) is 11.8 Å². The molecule has 1 unspecified atom stereocenters. The average molecular weight is 275 g/mol. The zero-order valence-corrected chi connectivity index (χ0v) is 11.3. The lowest BCUT2D eigenvalue weighted by Gasteiger charge is -2.15. The summed E-state index contributed by atoms with van der Waals surface area (Å²) in [4.78, 5) is 37.0. The highest BCUT2D eigenvalue weighted by atomic mass is 16.2. The van der Waals surface area contributed by atoms with Crippen molar-refractivity contribution in [1.29, 1.82) is 0 Å². The Morgan fingerprint density at radius 1 is 1.30 bits per heavy atom. The van der Waals surface area contributed by atoms with Gasteiger partial charge in [0, 0.05) is 18.2 Å². The van der Waals surface area contributed by atoms with E-state index in [1.165, 1.54) is 12.1 Å². The first-order chi connectivity index (χ1) is 9.47. The number of amides is 3. The molecule has 4 N–H and O–H groups in total. The Morgan fingerprint density at radius 3 is 2.60 bits per heavy atom. The van der Waals surface area contributed by atoms with Crippen LogP contribution in [-0.4, -0.2) is 28.7 Å². The van der Waals surface area contributed by atoms with Gasteiger partial charge in [0.15, 0.2) is 0 Å². The number of nitrogens with zero attached hydrogens (tertiary/aromatic N) is 1. The van der Waals surface area contributed by atoms with Crippen molar-refractivity contribution >= 4 is 23.4 Å². The van der Waals surface area contributed by atoms with E-state index in [0.29, 0.717) is 11.3 Å². The molecule has 0 aromatic heterocycles. The third-order valence-electron chi connectivity index (χ3n) is 3.29. The molecule has 2 rings (SSSR count). The lowest BCUT2D eigenvalue weighted by Crippen LogP contribution is -2.39. The number of rotatable bonds is 4. The molecule has 6 heteroatoms. The molecule has 0 bridgehead atoms. The van der Waals surface area contributed by atoms with Crippen LogP contribution in [0.25, 0.3) is 0 Å². The first-order valence-electron chi connectivity index (χ1n) is 6.53. The molecule has 0 spiro atoms. The minimum absolute atomic E-state index is 0.0286. The number of nitrogen functional groups attached to an aromatic ring is 1. The Balaban J connectivity index is 2.24. The van der Waals surface area contributed by atoms with Crippen molar-refractivity contribution in [2.75, 3.05) is 5.73 Å². The van der Waals surface area contributed by atoms with Crippen LogP contribution in [0.4, 0.5) is 5.69 Å². The van der Waals surface area contributed by atoms with Crippen LogP contribution in [0.5, 0.6) is 0 Å². The number of hydrogen-bond donors (Lipinski definition) is 2. The molecule has 0 saturated heterocycles. The standard InChI is InChI=1S/C14H17N3O3/c1-2-4-8(15)7-11(18)17-13(19)9-5-3-6-10(16)12(9)14(17)20/h3,5-6,8H,2,4,7,15-16H2,1H3. The summed E-state index contributed by atoms with van der Waals surface area (Å²) in [6.07, 6.45) is 1.47. The average Bonchev–Trinajstić information content (AvgIpc) is 2.63. The predicted molar refractivity (Wildman–Crippen MR) is 73.9 cm³/mol. The van der Waals surface area contributed by atoms with Crippen molar-refractivity contribution in [3.63, 3.8) is 0 Å². The molecule has 6 nitrogen and oxygen atoms in total. The fourth-order valence-electron chi connectivity index (χ4n) is 2.33. The van der Waals surface area contributed by atoms with Crippen LogP contribution in [0, 0.1) is 0 Å². The summed E-state index contributed by atoms with van der Waals surface area (Å²) in [7, 11) is 0. The molecule has 3 amide bonds. The Kier molecular flexibility index (Phi) is 3.85. The summed E-state index contributed by atoms with van der Waals surface area (Å²) >= 11 is 0. The summed E-state index contributed by atoms with van der Waals surface area (Å²) < 4.78 is 0. The number of anilines is 1. The number of nitrogens with two attached hydrogens (primary N) is 2. The topological polar surface area (TPSA) is 106 Å². The van der Waals surface area contributed by atoms with E-state index in [1.807, 2.05) is 6.92 Å². The zero-order chi connectivity index (χ0) is 14.9. The van der Waals surface area contributed by atoms with E-state index in [-0.39, 0.29) is 29.3 Å². The number of fused-ring (bicyclic) bond motifs is 1. The van der Waals surface area contributed by atoms with E-state index in [2.05, 4.69) is 0 Å². The van der Waals surface area contributed by atoms with Gasteiger partial charge in [-0.2, -0.15) is 0 Å². The van der Waals surface area contributed by atoms with Crippen molar-refractivity contribution in [2.45, 2.75) is 32.2 Å². The summed E-state index contributed by atoms with van der Waals surface area (Å²) in [5.41, 5.74) is 12.0. The Morgan fingerprint density at radius 2 is 2.00 bits per heavy atom. The predicted octanol–water partition coefficient (Wildman–Crippen LogP) is 0.909. The minimum atomic E-state index is -0.656. The molecule has 0 radical (unpaired) electrons. The highest BCUT2D eigenvalue weighted by Gasteiger charge is 2.41. The maximum atomic E-state index is 12.2. The second-order valence-electron chi connectivity index (χ2n) is 4.86. The van der Waals surface area contributed by atoms with Gasteiger partial charge in [-0.05, 0) is 18.6 Å². The fraction of sp³-hybridized carbons (Fsp3) is 0.357. The first-order valence-corrected chi connectivity index (χ1v) is 6.53. The van der Waals surface area contributed by atoms with Crippen LogP contribution in [0.2, 0.25) is 0 Å². The van der Waals surface area contributed by atoms with Gasteiger partial charge in [-0.25, -0.2) is 4.90 Å². The quantitative estimate of drug-likeness (QED) is 0.627. The second-order valence-corrected chi connectivity index (χ2v) is 4.86. The van der Waals surface area contributed by atoms with Crippen molar-refractivity contribution in [2.24, 2.45) is 5.73 Å². The smallest absolute Gasteiger partial charge is 0.270 e. The largest absolute Gasteiger partial charge is 0.398 e.